The molecule has 0 aliphatic carbocycles. The van der Waals surface area contributed by atoms with E-state index < -0.39 is 0 Å². The second-order valence-electron chi connectivity index (χ2n) is 6.67. The molecule has 3 aromatic rings. The average Bonchev–Trinajstić information content (AvgIpc) is 3.07. The van der Waals surface area contributed by atoms with E-state index in [1.165, 1.54) is 11.3 Å². The lowest BCUT2D eigenvalue weighted by Gasteiger charge is -2.46. The number of carbonyl (C=O) groups excluding carboxylic acids is 2. The second kappa shape index (κ2) is 5.98. The van der Waals surface area contributed by atoms with Gasteiger partial charge in [-0.1, -0.05) is 12.1 Å². The molecule has 0 N–H and O–H groups in total. The Hall–Kier alpha value is -3.07. The van der Waals surface area contributed by atoms with Crippen LogP contribution in [-0.2, 0) is 4.79 Å². The summed E-state index contributed by atoms with van der Waals surface area (Å²) >= 11 is 1.40. The predicted molar refractivity (Wildman–Crippen MR) is 102 cm³/mol. The standard InChI is InChI=1S/C18H16N6O2S/c1-22-10-14(25)24(16-15(22)19-6-7-20-16)11-8-23(9-11)18(26)17-21-12-4-2-3-5-13(12)27-17/h2-7,11H,8-10H2,1H3. The van der Waals surface area contributed by atoms with Crippen LogP contribution in [0.5, 0.6) is 0 Å². The van der Waals surface area contributed by atoms with E-state index >= 15 is 0 Å². The molecule has 0 bridgehead atoms. The lowest BCUT2D eigenvalue weighted by molar-refractivity contribution is -0.118. The van der Waals surface area contributed by atoms with Crippen molar-refractivity contribution < 1.29 is 9.59 Å². The molecule has 27 heavy (non-hydrogen) atoms. The number of thiazole rings is 1. The lowest BCUT2D eigenvalue weighted by Crippen LogP contribution is -2.65. The lowest BCUT2D eigenvalue weighted by atomic mass is 10.1. The van der Waals surface area contributed by atoms with Gasteiger partial charge in [-0.2, -0.15) is 0 Å². The summed E-state index contributed by atoms with van der Waals surface area (Å²) in [6.07, 6.45) is 3.20. The molecule has 5 rings (SSSR count). The van der Waals surface area contributed by atoms with Gasteiger partial charge in [0.25, 0.3) is 5.91 Å². The zero-order chi connectivity index (χ0) is 18.5. The maximum atomic E-state index is 12.7. The Balaban J connectivity index is 1.35. The number of benzene rings is 1. The van der Waals surface area contributed by atoms with Gasteiger partial charge in [0.2, 0.25) is 5.91 Å². The van der Waals surface area contributed by atoms with Crippen molar-refractivity contribution in [1.29, 1.82) is 0 Å². The minimum Gasteiger partial charge on any atom is -0.347 e. The Bertz CT molecular complexity index is 1030. The second-order valence-corrected chi connectivity index (χ2v) is 7.70. The number of fused-ring (bicyclic) bond motifs is 2. The Morgan fingerprint density at radius 2 is 1.89 bits per heavy atom. The highest BCUT2D eigenvalue weighted by atomic mass is 32.1. The first-order valence-corrected chi connectivity index (χ1v) is 9.42. The SMILES string of the molecule is CN1CC(=O)N(C2CN(C(=O)c3nc4ccccc4s3)C2)c2nccnc21. The highest BCUT2D eigenvalue weighted by Crippen LogP contribution is 2.33. The van der Waals surface area contributed by atoms with Crippen molar-refractivity contribution >= 4 is 45.0 Å². The highest BCUT2D eigenvalue weighted by Gasteiger charge is 2.42. The first-order chi connectivity index (χ1) is 13.1. The molecule has 9 heteroatoms. The van der Waals surface area contributed by atoms with Gasteiger partial charge in [0, 0.05) is 32.5 Å². The number of likely N-dealkylation sites (tertiary alicyclic amines) is 1. The molecule has 1 fully saturated rings. The molecule has 8 nitrogen and oxygen atoms in total. The van der Waals surface area contributed by atoms with Gasteiger partial charge in [-0.25, -0.2) is 15.0 Å². The summed E-state index contributed by atoms with van der Waals surface area (Å²) in [5, 5.41) is 0.486. The molecule has 2 amide bonds. The van der Waals surface area contributed by atoms with Gasteiger partial charge < -0.3 is 9.80 Å². The number of carbonyl (C=O) groups is 2. The van der Waals surface area contributed by atoms with Crippen LogP contribution in [0.15, 0.2) is 36.7 Å². The van der Waals surface area contributed by atoms with Crippen LogP contribution in [-0.4, -0.2) is 64.4 Å². The first kappa shape index (κ1) is 16.1. The van der Waals surface area contributed by atoms with Gasteiger partial charge in [-0.3, -0.25) is 14.5 Å². The molecule has 2 aromatic heterocycles. The number of nitrogens with zero attached hydrogens (tertiary/aromatic N) is 6. The van der Waals surface area contributed by atoms with E-state index in [1.54, 1.807) is 27.1 Å². The Kier molecular flexibility index (Phi) is 3.57. The third-order valence-corrected chi connectivity index (χ3v) is 5.91. The van der Waals surface area contributed by atoms with Gasteiger partial charge in [0.15, 0.2) is 16.6 Å². The molecule has 1 aromatic carbocycles. The monoisotopic (exact) mass is 380 g/mol. The van der Waals surface area contributed by atoms with Gasteiger partial charge in [-0.15, -0.1) is 11.3 Å². The summed E-state index contributed by atoms with van der Waals surface area (Å²) in [5.41, 5.74) is 0.835. The van der Waals surface area contributed by atoms with Crippen LogP contribution in [0.25, 0.3) is 10.2 Å². The molecule has 1 saturated heterocycles. The summed E-state index contributed by atoms with van der Waals surface area (Å²) < 4.78 is 0.997. The smallest absolute Gasteiger partial charge is 0.283 e. The molecule has 0 saturated carbocycles. The fraction of sp³-hybridized carbons (Fsp3) is 0.278. The Morgan fingerprint density at radius 1 is 1.15 bits per heavy atom. The van der Waals surface area contributed by atoms with E-state index in [0.29, 0.717) is 29.7 Å². The number of hydrogen-bond donors (Lipinski definition) is 0. The molecule has 0 unspecified atom stereocenters. The van der Waals surface area contributed by atoms with E-state index in [4.69, 9.17) is 0 Å². The van der Waals surface area contributed by atoms with E-state index in [9.17, 15) is 9.59 Å². The van der Waals surface area contributed by atoms with E-state index in [1.807, 2.05) is 31.3 Å². The third kappa shape index (κ3) is 2.54. The third-order valence-electron chi connectivity index (χ3n) is 4.88. The Labute approximate surface area is 159 Å². The number of likely N-dealkylation sites (N-methyl/N-ethyl adjacent to an activating group) is 1. The van der Waals surface area contributed by atoms with Crippen molar-refractivity contribution in [2.24, 2.45) is 0 Å². The maximum Gasteiger partial charge on any atom is 0.283 e. The zero-order valence-corrected chi connectivity index (χ0v) is 15.4. The zero-order valence-electron chi connectivity index (χ0n) is 14.6. The van der Waals surface area contributed by atoms with Crippen LogP contribution in [0.3, 0.4) is 0 Å². The van der Waals surface area contributed by atoms with Crippen LogP contribution >= 0.6 is 11.3 Å². The van der Waals surface area contributed by atoms with Crippen molar-refractivity contribution in [3.05, 3.63) is 41.7 Å². The van der Waals surface area contributed by atoms with E-state index in [2.05, 4.69) is 15.0 Å². The summed E-state index contributed by atoms with van der Waals surface area (Å²) in [6.45, 7) is 1.20. The van der Waals surface area contributed by atoms with Crippen molar-refractivity contribution in [1.82, 2.24) is 19.9 Å². The first-order valence-electron chi connectivity index (χ1n) is 8.61. The van der Waals surface area contributed by atoms with Crippen molar-refractivity contribution in [2.45, 2.75) is 6.04 Å². The molecule has 2 aliphatic rings. The van der Waals surface area contributed by atoms with Gasteiger partial charge >= 0.3 is 0 Å². The summed E-state index contributed by atoms with van der Waals surface area (Å²) in [6, 6.07) is 7.63. The molecule has 0 spiro atoms. The van der Waals surface area contributed by atoms with Crippen molar-refractivity contribution in [3.63, 3.8) is 0 Å². The van der Waals surface area contributed by atoms with Crippen LogP contribution in [0, 0.1) is 0 Å². The van der Waals surface area contributed by atoms with Crippen LogP contribution in [0.1, 0.15) is 9.80 Å². The number of rotatable bonds is 2. The number of amides is 2. The van der Waals surface area contributed by atoms with Crippen molar-refractivity contribution in [2.75, 3.05) is 36.5 Å². The quantitative estimate of drug-likeness (QED) is 0.668. The van der Waals surface area contributed by atoms with Crippen LogP contribution in [0.2, 0.25) is 0 Å². The Morgan fingerprint density at radius 3 is 2.67 bits per heavy atom. The molecule has 4 heterocycles. The summed E-state index contributed by atoms with van der Waals surface area (Å²) in [5.74, 6) is 1.14. The van der Waals surface area contributed by atoms with Crippen LogP contribution < -0.4 is 9.80 Å². The predicted octanol–water partition coefficient (Wildman–Crippen LogP) is 1.39. The molecule has 0 radical (unpaired) electrons. The fourth-order valence-electron chi connectivity index (χ4n) is 3.49. The minimum absolute atomic E-state index is 0.0254. The van der Waals surface area contributed by atoms with Gasteiger partial charge in [0.1, 0.15) is 0 Å². The summed E-state index contributed by atoms with van der Waals surface area (Å²) in [4.78, 5) is 43.6. The van der Waals surface area contributed by atoms with E-state index in [-0.39, 0.29) is 24.4 Å². The highest BCUT2D eigenvalue weighted by molar-refractivity contribution is 7.20. The topological polar surface area (TPSA) is 82.5 Å². The normalized spacial score (nSPS) is 17.2. The number of para-hydroxylation sites is 1. The minimum atomic E-state index is -0.0894. The van der Waals surface area contributed by atoms with Crippen LogP contribution in [0.4, 0.5) is 11.6 Å². The molecule has 2 aliphatic heterocycles. The average molecular weight is 380 g/mol. The molecular weight excluding hydrogens is 364 g/mol. The van der Waals surface area contributed by atoms with E-state index in [0.717, 1.165) is 10.2 Å². The molecule has 136 valence electrons. The fourth-order valence-corrected chi connectivity index (χ4v) is 4.43. The number of anilines is 2. The largest absolute Gasteiger partial charge is 0.347 e. The van der Waals surface area contributed by atoms with Gasteiger partial charge in [0.05, 0.1) is 22.8 Å². The number of aromatic nitrogens is 3. The number of hydrogen-bond acceptors (Lipinski definition) is 7. The molecular formula is C18H16N6O2S. The van der Waals surface area contributed by atoms with Crippen molar-refractivity contribution in [3.8, 4) is 0 Å². The maximum absolute atomic E-state index is 12.7. The molecule has 0 atom stereocenters. The summed E-state index contributed by atoms with van der Waals surface area (Å²) in [7, 11) is 1.83. The van der Waals surface area contributed by atoms with Gasteiger partial charge in [-0.05, 0) is 12.1 Å².